The van der Waals surface area contributed by atoms with Gasteiger partial charge in [-0.1, -0.05) is 61.0 Å². The van der Waals surface area contributed by atoms with Crippen LogP contribution in [-0.2, 0) is 13.5 Å². The molecule has 1 amide bonds. The number of aryl methyl sites for hydroxylation is 3. The van der Waals surface area contributed by atoms with Crippen molar-refractivity contribution in [3.05, 3.63) is 88.0 Å². The first-order chi connectivity index (χ1) is 15.3. The van der Waals surface area contributed by atoms with Gasteiger partial charge in [-0.25, -0.2) is 13.5 Å². The fraction of sp³-hybridized carbons (Fsp3) is 0.360. The summed E-state index contributed by atoms with van der Waals surface area (Å²) in [6, 6.07) is 14.9. The molecule has 2 aromatic carbocycles. The molecule has 1 fully saturated rings. The normalized spacial score (nSPS) is 14.6. The van der Waals surface area contributed by atoms with Crippen LogP contribution in [0.3, 0.4) is 0 Å². The second kappa shape index (κ2) is 8.81. The van der Waals surface area contributed by atoms with Gasteiger partial charge in [-0.15, -0.1) is 0 Å². The maximum atomic E-state index is 14.9. The Labute approximate surface area is 185 Å². The number of rotatable bonds is 7. The molecule has 0 saturated heterocycles. The molecule has 1 saturated carbocycles. The zero-order chi connectivity index (χ0) is 23.0. The SMILES string of the molecule is CCc1ccc(C)cc1C(c1ccccc1)N(C(=O)c1c(C(F)F)nn(C)c1F)C1CC1. The number of benzene rings is 2. The molecule has 0 bridgehead atoms. The third kappa shape index (κ3) is 4.04. The fourth-order valence-corrected chi connectivity index (χ4v) is 4.27. The Morgan fingerprint density at radius 2 is 1.88 bits per heavy atom. The predicted octanol–water partition coefficient (Wildman–Crippen LogP) is 5.76. The van der Waals surface area contributed by atoms with Gasteiger partial charge in [0.2, 0.25) is 5.95 Å². The summed E-state index contributed by atoms with van der Waals surface area (Å²) in [5.74, 6) is -1.78. The third-order valence-corrected chi connectivity index (χ3v) is 5.97. The number of carbonyl (C=O) groups is 1. The van der Waals surface area contributed by atoms with Crippen LogP contribution in [-0.4, -0.2) is 26.6 Å². The van der Waals surface area contributed by atoms with Crippen molar-refractivity contribution in [2.24, 2.45) is 7.05 Å². The lowest BCUT2D eigenvalue weighted by Crippen LogP contribution is -2.38. The van der Waals surface area contributed by atoms with E-state index in [1.165, 1.54) is 7.05 Å². The molecular weight excluding hydrogens is 415 g/mol. The van der Waals surface area contributed by atoms with Gasteiger partial charge in [0.25, 0.3) is 12.3 Å². The van der Waals surface area contributed by atoms with Crippen molar-refractivity contribution in [3.8, 4) is 0 Å². The van der Waals surface area contributed by atoms with Crippen molar-refractivity contribution in [1.29, 1.82) is 0 Å². The Balaban J connectivity index is 1.92. The molecule has 1 aliphatic carbocycles. The zero-order valence-electron chi connectivity index (χ0n) is 18.4. The van der Waals surface area contributed by atoms with Crippen LogP contribution in [0.4, 0.5) is 13.2 Å². The van der Waals surface area contributed by atoms with E-state index in [1.54, 1.807) is 4.90 Å². The summed E-state index contributed by atoms with van der Waals surface area (Å²) in [6.07, 6.45) is -0.816. The second-order valence-electron chi connectivity index (χ2n) is 8.29. The molecule has 0 aliphatic heterocycles. The molecule has 7 heteroatoms. The van der Waals surface area contributed by atoms with Gasteiger partial charge < -0.3 is 4.90 Å². The summed E-state index contributed by atoms with van der Waals surface area (Å²) in [7, 11) is 1.23. The number of carbonyl (C=O) groups excluding carboxylic acids is 1. The molecule has 168 valence electrons. The first-order valence-corrected chi connectivity index (χ1v) is 10.8. The Bertz CT molecular complexity index is 1120. The van der Waals surface area contributed by atoms with E-state index in [9.17, 15) is 18.0 Å². The lowest BCUT2D eigenvalue weighted by Gasteiger charge is -2.34. The number of hydrogen-bond donors (Lipinski definition) is 0. The molecular formula is C25H26F3N3O. The molecule has 0 spiro atoms. The van der Waals surface area contributed by atoms with Gasteiger partial charge in [0.05, 0.1) is 6.04 Å². The van der Waals surface area contributed by atoms with Crippen LogP contribution in [0.5, 0.6) is 0 Å². The Kier molecular flexibility index (Phi) is 6.09. The van der Waals surface area contributed by atoms with E-state index in [-0.39, 0.29) is 6.04 Å². The second-order valence-corrected chi connectivity index (χ2v) is 8.29. The number of halogens is 3. The van der Waals surface area contributed by atoms with Gasteiger partial charge in [-0.05, 0) is 42.9 Å². The highest BCUT2D eigenvalue weighted by Crippen LogP contribution is 2.41. The summed E-state index contributed by atoms with van der Waals surface area (Å²) < 4.78 is 42.9. The van der Waals surface area contributed by atoms with Crippen LogP contribution in [0.2, 0.25) is 0 Å². The van der Waals surface area contributed by atoms with E-state index >= 15 is 0 Å². The molecule has 32 heavy (non-hydrogen) atoms. The maximum Gasteiger partial charge on any atom is 0.283 e. The number of alkyl halides is 2. The van der Waals surface area contributed by atoms with Gasteiger partial charge >= 0.3 is 0 Å². The van der Waals surface area contributed by atoms with E-state index in [0.29, 0.717) is 4.68 Å². The average Bonchev–Trinajstić information content (AvgIpc) is 3.57. The molecule has 1 heterocycles. The van der Waals surface area contributed by atoms with Crippen LogP contribution in [0.25, 0.3) is 0 Å². The van der Waals surface area contributed by atoms with Crippen molar-refractivity contribution in [2.75, 3.05) is 0 Å². The molecule has 1 unspecified atom stereocenters. The number of nitrogens with zero attached hydrogens (tertiary/aromatic N) is 3. The van der Waals surface area contributed by atoms with Crippen LogP contribution in [0, 0.1) is 12.9 Å². The topological polar surface area (TPSA) is 38.1 Å². The monoisotopic (exact) mass is 441 g/mol. The zero-order valence-corrected chi connectivity index (χ0v) is 18.4. The minimum Gasteiger partial charge on any atom is -0.324 e. The third-order valence-electron chi connectivity index (χ3n) is 5.97. The predicted molar refractivity (Wildman–Crippen MR) is 116 cm³/mol. The van der Waals surface area contributed by atoms with E-state index in [4.69, 9.17) is 0 Å². The van der Waals surface area contributed by atoms with E-state index in [1.807, 2.05) is 62.4 Å². The van der Waals surface area contributed by atoms with Crippen molar-refractivity contribution < 1.29 is 18.0 Å². The summed E-state index contributed by atoms with van der Waals surface area (Å²) in [5.41, 5.74) is 2.43. The van der Waals surface area contributed by atoms with Crippen LogP contribution in [0.1, 0.15) is 70.5 Å². The highest BCUT2D eigenvalue weighted by Gasteiger charge is 2.43. The van der Waals surface area contributed by atoms with Gasteiger partial charge in [-0.3, -0.25) is 4.79 Å². The minimum absolute atomic E-state index is 0.150. The molecule has 3 aromatic rings. The maximum absolute atomic E-state index is 14.9. The molecule has 4 rings (SSSR count). The summed E-state index contributed by atoms with van der Waals surface area (Å²) in [5, 5.41) is 3.59. The first kappa shape index (κ1) is 22.1. The van der Waals surface area contributed by atoms with Gasteiger partial charge in [-0.2, -0.15) is 9.49 Å². The van der Waals surface area contributed by atoms with Crippen LogP contribution >= 0.6 is 0 Å². The van der Waals surface area contributed by atoms with Crippen molar-refractivity contribution in [2.45, 2.75) is 51.6 Å². The smallest absolute Gasteiger partial charge is 0.283 e. The van der Waals surface area contributed by atoms with E-state index in [0.717, 1.165) is 41.5 Å². The number of aromatic nitrogens is 2. The summed E-state index contributed by atoms with van der Waals surface area (Å²) in [4.78, 5) is 15.4. The fourth-order valence-electron chi connectivity index (χ4n) is 4.27. The molecule has 1 atom stereocenters. The summed E-state index contributed by atoms with van der Waals surface area (Å²) >= 11 is 0. The van der Waals surface area contributed by atoms with Gasteiger partial charge in [0, 0.05) is 13.1 Å². The highest BCUT2D eigenvalue weighted by molar-refractivity contribution is 5.96. The van der Waals surface area contributed by atoms with Crippen LogP contribution in [0.15, 0.2) is 48.5 Å². The Morgan fingerprint density at radius 3 is 2.47 bits per heavy atom. The number of amides is 1. The standard InChI is InChI=1S/C25H26F3N3O/c1-4-16-11-10-15(2)14-19(16)22(17-8-6-5-7-9-17)31(18-12-13-18)25(32)20-21(23(26)27)29-30(3)24(20)28/h5-11,14,18,22-23H,4,12-13H2,1-3H3. The van der Waals surface area contributed by atoms with E-state index < -0.39 is 35.6 Å². The van der Waals surface area contributed by atoms with Gasteiger partial charge in [0.1, 0.15) is 11.3 Å². The largest absolute Gasteiger partial charge is 0.324 e. The minimum atomic E-state index is -3.05. The Hall–Kier alpha value is -3.09. The molecule has 4 nitrogen and oxygen atoms in total. The molecule has 0 N–H and O–H groups in total. The molecule has 0 radical (unpaired) electrons. The highest BCUT2D eigenvalue weighted by atomic mass is 19.3. The first-order valence-electron chi connectivity index (χ1n) is 10.8. The van der Waals surface area contributed by atoms with Crippen LogP contribution < -0.4 is 0 Å². The quantitative estimate of drug-likeness (QED) is 0.467. The lowest BCUT2D eigenvalue weighted by atomic mass is 9.90. The summed E-state index contributed by atoms with van der Waals surface area (Å²) in [6.45, 7) is 4.01. The van der Waals surface area contributed by atoms with Crippen molar-refractivity contribution in [1.82, 2.24) is 14.7 Å². The van der Waals surface area contributed by atoms with Gasteiger partial charge in [0.15, 0.2) is 0 Å². The van der Waals surface area contributed by atoms with E-state index in [2.05, 4.69) is 5.10 Å². The Morgan fingerprint density at radius 1 is 1.19 bits per heavy atom. The average molecular weight is 441 g/mol. The molecule has 1 aromatic heterocycles. The van der Waals surface area contributed by atoms with Crippen molar-refractivity contribution in [3.63, 3.8) is 0 Å². The molecule has 1 aliphatic rings. The number of hydrogen-bond acceptors (Lipinski definition) is 2. The van der Waals surface area contributed by atoms with Crippen molar-refractivity contribution >= 4 is 5.91 Å². The lowest BCUT2D eigenvalue weighted by molar-refractivity contribution is 0.0672.